The van der Waals surface area contributed by atoms with Crippen LogP contribution in [-0.2, 0) is 14.8 Å². The van der Waals surface area contributed by atoms with Crippen LogP contribution in [-0.4, -0.2) is 31.7 Å². The number of nitrogens with zero attached hydrogens (tertiary/aromatic N) is 1. The van der Waals surface area contributed by atoms with Gasteiger partial charge in [-0.15, -0.1) is 0 Å². The van der Waals surface area contributed by atoms with E-state index in [2.05, 4.69) is 0 Å². The largest absolute Gasteiger partial charge is 0.505 e. The lowest BCUT2D eigenvalue weighted by molar-refractivity contribution is -0.117. The van der Waals surface area contributed by atoms with E-state index in [1.165, 1.54) is 0 Å². The number of halogens is 2. The van der Waals surface area contributed by atoms with Gasteiger partial charge in [-0.2, -0.15) is 0 Å². The molecule has 1 aromatic rings. The van der Waals surface area contributed by atoms with Crippen LogP contribution < -0.4 is 10.0 Å². The fourth-order valence-electron chi connectivity index (χ4n) is 2.19. The number of benzene rings is 1. The Morgan fingerprint density at radius 1 is 1.35 bits per heavy atom. The summed E-state index contributed by atoms with van der Waals surface area (Å²) in [4.78, 5) is 12.7. The number of hydrogen-bond donors (Lipinski definition) is 2. The van der Waals surface area contributed by atoms with E-state index in [-0.39, 0.29) is 18.7 Å². The average molecular weight is 306 g/mol. The van der Waals surface area contributed by atoms with Crippen LogP contribution in [0.4, 0.5) is 14.5 Å². The van der Waals surface area contributed by atoms with Crippen molar-refractivity contribution in [3.8, 4) is 5.75 Å². The Kier molecular flexibility index (Phi) is 3.65. The number of sulfonamides is 1. The normalized spacial score (nSPS) is 19.6. The molecule has 1 saturated heterocycles. The summed E-state index contributed by atoms with van der Waals surface area (Å²) in [7, 11) is -3.74. The summed E-state index contributed by atoms with van der Waals surface area (Å²) in [5.74, 6) is -4.41. The molecular weight excluding hydrogens is 294 g/mol. The van der Waals surface area contributed by atoms with E-state index >= 15 is 0 Å². The number of nitrogens with two attached hydrogens (primary N) is 1. The second kappa shape index (κ2) is 4.98. The monoisotopic (exact) mass is 306 g/mol. The van der Waals surface area contributed by atoms with Crippen LogP contribution in [0, 0.1) is 17.6 Å². The Morgan fingerprint density at radius 3 is 2.60 bits per heavy atom. The molecule has 0 aromatic heterocycles. The van der Waals surface area contributed by atoms with Crippen LogP contribution >= 0.6 is 0 Å². The number of anilines is 1. The number of carbonyl (C=O) groups is 1. The Hall–Kier alpha value is -1.74. The quantitative estimate of drug-likeness (QED) is 0.839. The Labute approximate surface area is 113 Å². The predicted octanol–water partition coefficient (Wildman–Crippen LogP) is 0.312. The topological polar surface area (TPSA) is 101 Å². The number of phenols is 1. The van der Waals surface area contributed by atoms with Crippen molar-refractivity contribution in [3.63, 3.8) is 0 Å². The molecular formula is C11H12F2N2O4S. The molecule has 110 valence electrons. The van der Waals surface area contributed by atoms with Gasteiger partial charge < -0.3 is 10.0 Å². The van der Waals surface area contributed by atoms with Crippen molar-refractivity contribution in [2.75, 3.05) is 17.2 Å². The average Bonchev–Trinajstić information content (AvgIpc) is 2.62. The van der Waals surface area contributed by atoms with Gasteiger partial charge in [0.1, 0.15) is 5.82 Å². The number of hydrogen-bond acceptors (Lipinski definition) is 4. The van der Waals surface area contributed by atoms with E-state index in [1.807, 2.05) is 0 Å². The lowest BCUT2D eigenvalue weighted by Gasteiger charge is -2.17. The molecule has 1 aromatic carbocycles. The van der Waals surface area contributed by atoms with Gasteiger partial charge in [0.2, 0.25) is 15.9 Å². The van der Waals surface area contributed by atoms with Crippen LogP contribution in [0.15, 0.2) is 12.1 Å². The first-order valence-corrected chi connectivity index (χ1v) is 7.38. The molecule has 1 atom stereocenters. The summed E-state index contributed by atoms with van der Waals surface area (Å²) in [6.45, 7) is -0.0583. The Morgan fingerprint density at radius 2 is 2.00 bits per heavy atom. The van der Waals surface area contributed by atoms with Crippen molar-refractivity contribution in [2.24, 2.45) is 11.1 Å². The van der Waals surface area contributed by atoms with Crippen LogP contribution in [0.3, 0.4) is 0 Å². The summed E-state index contributed by atoms with van der Waals surface area (Å²) in [5, 5.41) is 14.1. The molecule has 1 unspecified atom stereocenters. The van der Waals surface area contributed by atoms with Gasteiger partial charge in [-0.25, -0.2) is 22.3 Å². The van der Waals surface area contributed by atoms with E-state index in [1.54, 1.807) is 0 Å². The number of aromatic hydroxyl groups is 1. The maximum atomic E-state index is 13.6. The number of rotatable bonds is 3. The molecule has 1 amide bonds. The highest BCUT2D eigenvalue weighted by molar-refractivity contribution is 7.89. The summed E-state index contributed by atoms with van der Waals surface area (Å²) in [6.07, 6.45) is -0.103. The maximum absolute atomic E-state index is 13.6. The van der Waals surface area contributed by atoms with E-state index in [9.17, 15) is 27.1 Å². The van der Waals surface area contributed by atoms with Gasteiger partial charge in [-0.05, 0) is 0 Å². The second-order valence-electron chi connectivity index (χ2n) is 4.66. The molecule has 0 aliphatic carbocycles. The lowest BCUT2D eigenvalue weighted by Crippen LogP contribution is -2.28. The summed E-state index contributed by atoms with van der Waals surface area (Å²) < 4.78 is 48.6. The first-order chi connectivity index (χ1) is 9.17. The fourth-order valence-corrected chi connectivity index (χ4v) is 3.07. The smallest absolute Gasteiger partial charge is 0.227 e. The molecule has 2 rings (SSSR count). The maximum Gasteiger partial charge on any atom is 0.227 e. The standard InChI is InChI=1S/C11H12F2N2O4S/c12-7-2-8(13)10(16)3-9(7)15-4-6(1-11(15)17)5-20(14,18)19/h2-3,6,16H,1,4-5H2,(H2,14,18,19). The third kappa shape index (κ3) is 3.05. The molecule has 6 nitrogen and oxygen atoms in total. The van der Waals surface area contributed by atoms with Crippen molar-refractivity contribution < 1.29 is 27.1 Å². The number of primary sulfonamides is 1. The van der Waals surface area contributed by atoms with Gasteiger partial charge in [0.15, 0.2) is 11.6 Å². The highest BCUT2D eigenvalue weighted by atomic mass is 32.2. The highest BCUT2D eigenvalue weighted by Crippen LogP contribution is 2.31. The van der Waals surface area contributed by atoms with Crippen LogP contribution in [0.25, 0.3) is 0 Å². The zero-order valence-electron chi connectivity index (χ0n) is 10.2. The first kappa shape index (κ1) is 14.7. The van der Waals surface area contributed by atoms with Crippen LogP contribution in [0.1, 0.15) is 6.42 Å². The molecule has 3 N–H and O–H groups in total. The summed E-state index contributed by atoms with van der Waals surface area (Å²) in [5.41, 5.74) is -0.286. The molecule has 1 aliphatic heterocycles. The molecule has 0 saturated carbocycles. The zero-order valence-corrected chi connectivity index (χ0v) is 11.0. The number of phenolic OH excluding ortho intramolecular Hbond substituents is 1. The first-order valence-electron chi connectivity index (χ1n) is 5.66. The van der Waals surface area contributed by atoms with E-state index in [0.717, 1.165) is 11.0 Å². The Bertz CT molecular complexity index is 663. The second-order valence-corrected chi connectivity index (χ2v) is 6.32. The van der Waals surface area contributed by atoms with Gasteiger partial charge in [0.05, 0.1) is 11.4 Å². The third-order valence-corrected chi connectivity index (χ3v) is 3.92. The van der Waals surface area contributed by atoms with Gasteiger partial charge >= 0.3 is 0 Å². The molecule has 1 aliphatic rings. The van der Waals surface area contributed by atoms with Gasteiger partial charge in [0.25, 0.3) is 0 Å². The van der Waals surface area contributed by atoms with Crippen LogP contribution in [0.2, 0.25) is 0 Å². The van der Waals surface area contributed by atoms with Crippen LogP contribution in [0.5, 0.6) is 5.75 Å². The molecule has 20 heavy (non-hydrogen) atoms. The van der Waals surface area contributed by atoms with Gasteiger partial charge in [-0.3, -0.25) is 4.79 Å². The van der Waals surface area contributed by atoms with Gasteiger partial charge in [0, 0.05) is 31.0 Å². The van der Waals surface area contributed by atoms with E-state index in [4.69, 9.17) is 5.14 Å². The molecule has 9 heteroatoms. The summed E-state index contributed by atoms with van der Waals surface area (Å²) in [6, 6.07) is 1.26. The predicted molar refractivity (Wildman–Crippen MR) is 66.5 cm³/mol. The van der Waals surface area contributed by atoms with Crippen molar-refractivity contribution in [3.05, 3.63) is 23.8 Å². The van der Waals surface area contributed by atoms with Crippen molar-refractivity contribution >= 4 is 21.6 Å². The minimum Gasteiger partial charge on any atom is -0.505 e. The number of carbonyl (C=O) groups excluding carboxylic acids is 1. The minimum absolute atomic E-state index is 0.0583. The van der Waals surface area contributed by atoms with Crippen molar-refractivity contribution in [1.29, 1.82) is 0 Å². The summed E-state index contributed by atoms with van der Waals surface area (Å²) >= 11 is 0. The minimum atomic E-state index is -3.74. The highest BCUT2D eigenvalue weighted by Gasteiger charge is 2.34. The van der Waals surface area contributed by atoms with Crippen molar-refractivity contribution in [2.45, 2.75) is 6.42 Å². The zero-order chi connectivity index (χ0) is 15.1. The van der Waals surface area contributed by atoms with Gasteiger partial charge in [-0.1, -0.05) is 0 Å². The fraction of sp³-hybridized carbons (Fsp3) is 0.364. The molecule has 1 heterocycles. The number of amides is 1. The third-order valence-electron chi connectivity index (χ3n) is 2.98. The SMILES string of the molecule is NS(=O)(=O)CC1CC(=O)N(c2cc(O)c(F)cc2F)C1. The van der Waals surface area contributed by atoms with E-state index < -0.39 is 45.0 Å². The van der Waals surface area contributed by atoms with Crippen molar-refractivity contribution in [1.82, 2.24) is 0 Å². The van der Waals surface area contributed by atoms with E-state index in [0.29, 0.717) is 6.07 Å². The Balaban J connectivity index is 2.26. The molecule has 0 spiro atoms. The molecule has 0 bridgehead atoms. The molecule has 0 radical (unpaired) electrons. The molecule has 1 fully saturated rings. The lowest BCUT2D eigenvalue weighted by atomic mass is 10.1.